The Kier molecular flexibility index (Phi) is 5.64. The van der Waals surface area contributed by atoms with E-state index in [-0.39, 0.29) is 0 Å². The Morgan fingerprint density at radius 2 is 0.830 bits per heavy atom. The van der Waals surface area contributed by atoms with E-state index in [0.29, 0.717) is 0 Å². The molecule has 0 saturated carbocycles. The molecule has 0 N–H and O–H groups in total. The highest BCUT2D eigenvalue weighted by Crippen LogP contribution is 2.46. The van der Waals surface area contributed by atoms with Gasteiger partial charge in [0.2, 0.25) is 0 Å². The molecule has 10 aromatic rings. The van der Waals surface area contributed by atoms with Gasteiger partial charge in [-0.2, -0.15) is 0 Å². The Labute approximate surface area is 271 Å². The normalized spacial score (nSPS) is 11.8. The lowest BCUT2D eigenvalue weighted by Crippen LogP contribution is -1.91. The Bertz CT molecular complexity index is 2800. The molecule has 218 valence electrons. The van der Waals surface area contributed by atoms with Crippen LogP contribution in [0.3, 0.4) is 0 Å². The van der Waals surface area contributed by atoms with Crippen LogP contribution in [0.25, 0.3) is 98.4 Å². The van der Waals surface area contributed by atoms with E-state index >= 15 is 0 Å². The number of fused-ring (bicyclic) bond motifs is 8. The van der Waals surface area contributed by atoms with Crippen molar-refractivity contribution in [2.24, 2.45) is 0 Å². The van der Waals surface area contributed by atoms with Crippen LogP contribution in [0.2, 0.25) is 0 Å². The fourth-order valence-corrected chi connectivity index (χ4v) is 7.77. The monoisotopic (exact) mass is 596 g/mol. The third kappa shape index (κ3) is 3.97. The van der Waals surface area contributed by atoms with E-state index in [2.05, 4.69) is 170 Å². The minimum absolute atomic E-state index is 0.912. The molecule has 1 aromatic heterocycles. The zero-order valence-corrected chi connectivity index (χ0v) is 25.6. The standard InChI is InChI=1S/C46H28O/c1-2-13-31-27-34(24-23-29(31)11-1)44-39-19-7-5-17-37(39)43(38-18-6-8-20-40(38)44)33-15-9-14-32(28-33)36-21-10-22-41-46(36)45-35-16-4-3-12-30(35)25-26-42(45)47-41/h1-28H. The topological polar surface area (TPSA) is 13.1 Å². The first-order chi connectivity index (χ1) is 23.3. The lowest BCUT2D eigenvalue weighted by Gasteiger charge is -2.18. The van der Waals surface area contributed by atoms with Gasteiger partial charge in [-0.3, -0.25) is 0 Å². The fraction of sp³-hybridized carbons (Fsp3) is 0. The Morgan fingerprint density at radius 3 is 1.55 bits per heavy atom. The van der Waals surface area contributed by atoms with Crippen LogP contribution in [0.15, 0.2) is 174 Å². The van der Waals surface area contributed by atoms with Crippen molar-refractivity contribution in [3.8, 4) is 33.4 Å². The molecule has 0 saturated heterocycles. The minimum Gasteiger partial charge on any atom is -0.456 e. The van der Waals surface area contributed by atoms with E-state index in [1.165, 1.54) is 81.9 Å². The van der Waals surface area contributed by atoms with Crippen LogP contribution < -0.4 is 0 Å². The van der Waals surface area contributed by atoms with Crippen molar-refractivity contribution in [3.05, 3.63) is 170 Å². The Morgan fingerprint density at radius 1 is 0.298 bits per heavy atom. The van der Waals surface area contributed by atoms with Gasteiger partial charge in [0.1, 0.15) is 11.2 Å². The third-order valence-corrected chi connectivity index (χ3v) is 9.82. The second-order valence-electron chi connectivity index (χ2n) is 12.4. The maximum absolute atomic E-state index is 6.43. The second kappa shape index (κ2) is 10.2. The molecule has 0 aliphatic rings. The molecule has 0 atom stereocenters. The van der Waals surface area contributed by atoms with E-state index in [1.807, 2.05) is 0 Å². The van der Waals surface area contributed by atoms with Gasteiger partial charge in [0.25, 0.3) is 0 Å². The molecule has 0 aliphatic carbocycles. The van der Waals surface area contributed by atoms with Gasteiger partial charge in [0.05, 0.1) is 0 Å². The molecule has 9 aromatic carbocycles. The zero-order chi connectivity index (χ0) is 30.9. The summed E-state index contributed by atoms with van der Waals surface area (Å²) < 4.78 is 6.43. The lowest BCUT2D eigenvalue weighted by molar-refractivity contribution is 0.669. The summed E-state index contributed by atoms with van der Waals surface area (Å²) in [4.78, 5) is 0. The molecular formula is C46H28O. The molecule has 0 amide bonds. The summed E-state index contributed by atoms with van der Waals surface area (Å²) in [6, 6.07) is 61.6. The van der Waals surface area contributed by atoms with Gasteiger partial charge >= 0.3 is 0 Å². The minimum atomic E-state index is 0.912. The van der Waals surface area contributed by atoms with E-state index in [4.69, 9.17) is 4.42 Å². The molecule has 47 heavy (non-hydrogen) atoms. The summed E-state index contributed by atoms with van der Waals surface area (Å²) >= 11 is 0. The van der Waals surface area contributed by atoms with Gasteiger partial charge in [-0.05, 0) is 101 Å². The van der Waals surface area contributed by atoms with Crippen molar-refractivity contribution in [1.82, 2.24) is 0 Å². The molecule has 10 rings (SSSR count). The quantitative estimate of drug-likeness (QED) is 0.185. The smallest absolute Gasteiger partial charge is 0.136 e. The summed E-state index contributed by atoms with van der Waals surface area (Å²) in [5.74, 6) is 0. The molecular weight excluding hydrogens is 569 g/mol. The molecule has 0 aliphatic heterocycles. The first-order valence-electron chi connectivity index (χ1n) is 16.2. The Balaban J connectivity index is 1.24. The molecule has 0 spiro atoms. The van der Waals surface area contributed by atoms with Gasteiger partial charge < -0.3 is 4.42 Å². The van der Waals surface area contributed by atoms with Crippen LogP contribution in [-0.2, 0) is 0 Å². The summed E-state index contributed by atoms with van der Waals surface area (Å²) in [6.07, 6.45) is 0. The van der Waals surface area contributed by atoms with Crippen molar-refractivity contribution < 1.29 is 4.42 Å². The van der Waals surface area contributed by atoms with E-state index in [0.717, 1.165) is 16.6 Å². The predicted molar refractivity (Wildman–Crippen MR) is 200 cm³/mol. The van der Waals surface area contributed by atoms with Crippen molar-refractivity contribution in [2.75, 3.05) is 0 Å². The fourth-order valence-electron chi connectivity index (χ4n) is 7.77. The summed E-state index contributed by atoms with van der Waals surface area (Å²) in [5.41, 5.74) is 9.17. The highest BCUT2D eigenvalue weighted by atomic mass is 16.3. The zero-order valence-electron chi connectivity index (χ0n) is 25.6. The van der Waals surface area contributed by atoms with Crippen LogP contribution >= 0.6 is 0 Å². The van der Waals surface area contributed by atoms with Crippen LogP contribution in [0.5, 0.6) is 0 Å². The average Bonchev–Trinajstić information content (AvgIpc) is 3.53. The van der Waals surface area contributed by atoms with Crippen LogP contribution in [0.1, 0.15) is 0 Å². The lowest BCUT2D eigenvalue weighted by atomic mass is 9.85. The largest absolute Gasteiger partial charge is 0.456 e. The van der Waals surface area contributed by atoms with E-state index < -0.39 is 0 Å². The van der Waals surface area contributed by atoms with Crippen molar-refractivity contribution >= 4 is 65.0 Å². The SMILES string of the molecule is c1cc(-c2c3ccccc3c(-c3ccc4ccccc4c3)c3ccccc23)cc(-c2cccc3oc4ccc5ccccc5c4c23)c1. The van der Waals surface area contributed by atoms with Crippen molar-refractivity contribution in [1.29, 1.82) is 0 Å². The molecule has 0 radical (unpaired) electrons. The summed E-state index contributed by atoms with van der Waals surface area (Å²) in [7, 11) is 0. The third-order valence-electron chi connectivity index (χ3n) is 9.82. The number of hydrogen-bond acceptors (Lipinski definition) is 1. The first-order valence-corrected chi connectivity index (χ1v) is 16.2. The predicted octanol–water partition coefficient (Wildman–Crippen LogP) is 13.2. The van der Waals surface area contributed by atoms with Crippen LogP contribution in [0.4, 0.5) is 0 Å². The molecule has 0 unspecified atom stereocenters. The maximum Gasteiger partial charge on any atom is 0.136 e. The van der Waals surface area contributed by atoms with Crippen LogP contribution in [0, 0.1) is 0 Å². The summed E-state index contributed by atoms with van der Waals surface area (Å²) in [6.45, 7) is 0. The van der Waals surface area contributed by atoms with E-state index in [9.17, 15) is 0 Å². The van der Waals surface area contributed by atoms with Crippen molar-refractivity contribution in [2.45, 2.75) is 0 Å². The van der Waals surface area contributed by atoms with Gasteiger partial charge in [-0.25, -0.2) is 0 Å². The van der Waals surface area contributed by atoms with E-state index in [1.54, 1.807) is 0 Å². The van der Waals surface area contributed by atoms with Gasteiger partial charge in [0.15, 0.2) is 0 Å². The molecule has 0 bridgehead atoms. The van der Waals surface area contributed by atoms with Gasteiger partial charge in [-0.1, -0.05) is 146 Å². The highest BCUT2D eigenvalue weighted by molar-refractivity contribution is 6.24. The number of rotatable bonds is 3. The molecule has 1 heterocycles. The molecule has 1 nitrogen and oxygen atoms in total. The number of hydrogen-bond donors (Lipinski definition) is 0. The number of furan rings is 1. The summed E-state index contributed by atoms with van der Waals surface area (Å²) in [5, 5.41) is 12.3. The molecule has 1 heteroatoms. The molecule has 0 fully saturated rings. The number of benzene rings is 9. The average molecular weight is 597 g/mol. The van der Waals surface area contributed by atoms with Crippen molar-refractivity contribution in [3.63, 3.8) is 0 Å². The Hall–Kier alpha value is -6.18. The maximum atomic E-state index is 6.43. The van der Waals surface area contributed by atoms with Gasteiger partial charge in [0, 0.05) is 10.8 Å². The van der Waals surface area contributed by atoms with Crippen LogP contribution in [-0.4, -0.2) is 0 Å². The first kappa shape index (κ1) is 26.1. The highest BCUT2D eigenvalue weighted by Gasteiger charge is 2.19. The second-order valence-corrected chi connectivity index (χ2v) is 12.4. The van der Waals surface area contributed by atoms with Gasteiger partial charge in [-0.15, -0.1) is 0 Å².